The van der Waals surface area contributed by atoms with Gasteiger partial charge in [0, 0.05) is 3.57 Å². The summed E-state index contributed by atoms with van der Waals surface area (Å²) in [6.45, 7) is 0. The van der Waals surface area contributed by atoms with Gasteiger partial charge in [0.1, 0.15) is 11.5 Å². The molecule has 60 valence electrons. The van der Waals surface area contributed by atoms with Crippen LogP contribution in [0.5, 0.6) is 0 Å². The van der Waals surface area contributed by atoms with E-state index in [1.807, 2.05) is 22.6 Å². The van der Waals surface area contributed by atoms with Gasteiger partial charge < -0.3 is 5.73 Å². The van der Waals surface area contributed by atoms with E-state index >= 15 is 0 Å². The van der Waals surface area contributed by atoms with E-state index < -0.39 is 17.3 Å². The Labute approximate surface area is 84.2 Å². The maximum Gasteiger partial charge on any atom is 0.164 e. The van der Waals surface area contributed by atoms with Crippen LogP contribution in [0, 0.1) is 15.2 Å². The zero-order valence-electron chi connectivity index (χ0n) is 5.17. The van der Waals surface area contributed by atoms with Crippen molar-refractivity contribution in [3.8, 4) is 0 Å². The normalized spacial score (nSPS) is 10.2. The van der Waals surface area contributed by atoms with Gasteiger partial charge in [-0.1, -0.05) is 0 Å². The summed E-state index contributed by atoms with van der Waals surface area (Å²) in [4.78, 5) is 0. The number of hydrogen-bond donors (Lipinski definition) is 1. The first-order valence-corrected chi connectivity index (χ1v) is 4.49. The Bertz CT molecular complexity index is 277. The predicted molar refractivity (Wildman–Crippen MR) is 51.2 cm³/mol. The van der Waals surface area contributed by atoms with Crippen LogP contribution in [0.4, 0.5) is 14.5 Å². The highest BCUT2D eigenvalue weighted by Crippen LogP contribution is 2.28. The summed E-state index contributed by atoms with van der Waals surface area (Å²) < 4.78 is 26.1. The number of rotatable bonds is 0. The van der Waals surface area contributed by atoms with Gasteiger partial charge in [0.25, 0.3) is 0 Å². The van der Waals surface area contributed by atoms with Crippen molar-refractivity contribution in [2.75, 3.05) is 5.73 Å². The minimum atomic E-state index is -0.741. The highest BCUT2D eigenvalue weighted by atomic mass is 127. The lowest BCUT2D eigenvalue weighted by molar-refractivity contribution is 0.585. The van der Waals surface area contributed by atoms with Crippen molar-refractivity contribution in [3.05, 3.63) is 25.7 Å². The zero-order valence-corrected chi connectivity index (χ0v) is 8.91. The second-order valence-electron chi connectivity index (χ2n) is 1.88. The number of anilines is 1. The van der Waals surface area contributed by atoms with E-state index in [0.29, 0.717) is 3.57 Å². The maximum atomic E-state index is 12.8. The van der Waals surface area contributed by atoms with Crippen molar-refractivity contribution in [3.63, 3.8) is 0 Å². The monoisotopic (exact) mass is 333 g/mol. The first-order valence-electron chi connectivity index (χ1n) is 2.62. The lowest BCUT2D eigenvalue weighted by atomic mass is 10.3. The lowest BCUT2D eigenvalue weighted by Gasteiger charge is -2.02. The van der Waals surface area contributed by atoms with Crippen LogP contribution in [-0.2, 0) is 0 Å². The number of hydrogen-bond acceptors (Lipinski definition) is 1. The molecule has 1 aromatic rings. The summed E-state index contributed by atoms with van der Waals surface area (Å²) in [6.07, 6.45) is 0. The quantitative estimate of drug-likeness (QED) is 0.336. The van der Waals surface area contributed by atoms with Crippen molar-refractivity contribution in [1.29, 1.82) is 0 Å². The van der Waals surface area contributed by atoms with Crippen LogP contribution in [-0.4, -0.2) is 0 Å². The fraction of sp³-hybridized carbons (Fsp3) is 0. The summed E-state index contributed by atoms with van der Waals surface area (Å²) in [7, 11) is 0. The van der Waals surface area contributed by atoms with Crippen molar-refractivity contribution in [1.82, 2.24) is 0 Å². The molecule has 0 bridgehead atoms. The van der Waals surface area contributed by atoms with Crippen LogP contribution in [0.25, 0.3) is 0 Å². The van der Waals surface area contributed by atoms with Crippen LogP contribution in [0.15, 0.2) is 10.5 Å². The second kappa shape index (κ2) is 3.22. The van der Waals surface area contributed by atoms with E-state index in [1.54, 1.807) is 0 Å². The molecule has 0 radical (unpaired) electrons. The van der Waals surface area contributed by atoms with Gasteiger partial charge in [-0.3, -0.25) is 0 Å². The smallest absolute Gasteiger partial charge is 0.164 e. The second-order valence-corrected chi connectivity index (χ2v) is 3.84. The van der Waals surface area contributed by atoms with E-state index in [2.05, 4.69) is 15.9 Å². The molecule has 11 heavy (non-hydrogen) atoms. The van der Waals surface area contributed by atoms with Gasteiger partial charge >= 0.3 is 0 Å². The molecule has 0 aromatic heterocycles. The Morgan fingerprint density at radius 2 is 2.00 bits per heavy atom. The molecular formula is C6H3BrF2IN. The van der Waals surface area contributed by atoms with Gasteiger partial charge in [0.15, 0.2) is 5.82 Å². The topological polar surface area (TPSA) is 26.0 Å². The van der Waals surface area contributed by atoms with Crippen LogP contribution in [0.3, 0.4) is 0 Å². The minimum absolute atomic E-state index is 0.206. The molecule has 0 spiro atoms. The number of benzene rings is 1. The van der Waals surface area contributed by atoms with Crippen molar-refractivity contribution >= 4 is 44.2 Å². The largest absolute Gasteiger partial charge is 0.394 e. The van der Waals surface area contributed by atoms with Gasteiger partial charge in [-0.05, 0) is 44.6 Å². The molecule has 0 saturated carbocycles. The molecule has 0 saturated heterocycles. The molecule has 1 rings (SSSR count). The average molecular weight is 334 g/mol. The molecule has 1 aromatic carbocycles. The van der Waals surface area contributed by atoms with Crippen molar-refractivity contribution in [2.45, 2.75) is 0 Å². The number of halogens is 4. The van der Waals surface area contributed by atoms with Crippen molar-refractivity contribution in [2.24, 2.45) is 0 Å². The summed E-state index contributed by atoms with van der Waals surface area (Å²) in [5.74, 6) is -1.47. The molecule has 0 aliphatic heterocycles. The van der Waals surface area contributed by atoms with Gasteiger partial charge in [-0.15, -0.1) is 0 Å². The van der Waals surface area contributed by atoms with Crippen molar-refractivity contribution < 1.29 is 8.78 Å². The van der Waals surface area contributed by atoms with E-state index in [1.165, 1.54) is 6.07 Å². The molecule has 1 nitrogen and oxygen atoms in total. The van der Waals surface area contributed by atoms with Crippen LogP contribution in [0.1, 0.15) is 0 Å². The molecule has 0 amide bonds. The van der Waals surface area contributed by atoms with Gasteiger partial charge in [0.05, 0.1) is 4.47 Å². The third-order valence-corrected chi connectivity index (χ3v) is 3.52. The highest BCUT2D eigenvalue weighted by molar-refractivity contribution is 14.1. The molecule has 0 fully saturated rings. The Morgan fingerprint density at radius 3 is 2.55 bits per heavy atom. The predicted octanol–water partition coefficient (Wildman–Crippen LogP) is 2.91. The van der Waals surface area contributed by atoms with Crippen LogP contribution >= 0.6 is 38.5 Å². The fourth-order valence-electron chi connectivity index (χ4n) is 0.580. The summed E-state index contributed by atoms with van der Waals surface area (Å²) in [6, 6.07) is 1.17. The van der Waals surface area contributed by atoms with E-state index in [0.717, 1.165) is 0 Å². The summed E-state index contributed by atoms with van der Waals surface area (Å²) in [5.41, 5.74) is 4.62. The standard InChI is InChI=1S/C6H3BrF2IN/c7-4-3(10)1-2(8)6(11)5(4)9/h1H,11H2. The van der Waals surface area contributed by atoms with Gasteiger partial charge in [-0.25, -0.2) is 8.78 Å². The third kappa shape index (κ3) is 1.64. The number of nitrogen functional groups attached to an aromatic ring is 1. The Balaban J connectivity index is 3.46. The first kappa shape index (κ1) is 9.18. The first-order chi connectivity index (χ1) is 5.04. The minimum Gasteiger partial charge on any atom is -0.394 e. The molecule has 0 aliphatic rings. The zero-order chi connectivity index (χ0) is 8.59. The Morgan fingerprint density at radius 1 is 1.45 bits per heavy atom. The van der Waals surface area contributed by atoms with Crippen LogP contribution < -0.4 is 5.73 Å². The molecule has 2 N–H and O–H groups in total. The molecule has 0 atom stereocenters. The van der Waals surface area contributed by atoms with E-state index in [4.69, 9.17) is 5.73 Å². The van der Waals surface area contributed by atoms with Gasteiger partial charge in [-0.2, -0.15) is 0 Å². The third-order valence-electron chi connectivity index (χ3n) is 1.15. The summed E-state index contributed by atoms with van der Waals surface area (Å²) in [5, 5.41) is 0. The molecule has 5 heteroatoms. The van der Waals surface area contributed by atoms with E-state index in [9.17, 15) is 8.78 Å². The average Bonchev–Trinajstić information content (AvgIpc) is 1.97. The van der Waals surface area contributed by atoms with E-state index in [-0.39, 0.29) is 4.47 Å². The molecule has 0 aliphatic carbocycles. The maximum absolute atomic E-state index is 12.8. The fourth-order valence-corrected chi connectivity index (χ4v) is 1.42. The lowest BCUT2D eigenvalue weighted by Crippen LogP contribution is -1.97. The molecule has 0 heterocycles. The highest BCUT2D eigenvalue weighted by Gasteiger charge is 2.12. The summed E-state index contributed by atoms with van der Waals surface area (Å²) >= 11 is 4.74. The Kier molecular flexibility index (Phi) is 2.69. The van der Waals surface area contributed by atoms with Crippen LogP contribution in [0.2, 0.25) is 0 Å². The molecular weight excluding hydrogens is 331 g/mol. The van der Waals surface area contributed by atoms with Gasteiger partial charge in [0.2, 0.25) is 0 Å². The Hall–Kier alpha value is 0.0900. The molecule has 0 unspecified atom stereocenters. The number of nitrogens with two attached hydrogens (primary N) is 1. The SMILES string of the molecule is Nc1c(F)cc(I)c(Br)c1F.